The van der Waals surface area contributed by atoms with Gasteiger partial charge in [0.05, 0.1) is 35.3 Å². The fourth-order valence-electron chi connectivity index (χ4n) is 4.56. The van der Waals surface area contributed by atoms with Crippen LogP contribution in [0.3, 0.4) is 0 Å². The van der Waals surface area contributed by atoms with Crippen LogP contribution in [0.25, 0.3) is 16.6 Å². The molecule has 2 aromatic carbocycles. The van der Waals surface area contributed by atoms with Crippen LogP contribution in [0.15, 0.2) is 77.9 Å². The number of amides is 2. The number of aryl methyl sites for hydroxylation is 1. The molecule has 10 nitrogen and oxygen atoms in total. The van der Waals surface area contributed by atoms with Gasteiger partial charge in [-0.15, -0.1) is 0 Å². The third-order valence-electron chi connectivity index (χ3n) is 6.48. The number of halogens is 1. The molecule has 6 rings (SSSR count). The molecule has 0 fully saturated rings. The number of nitrogens with zero attached hydrogens (tertiary/aromatic N) is 4. The maximum absolute atomic E-state index is 13.3. The van der Waals surface area contributed by atoms with Gasteiger partial charge in [0.15, 0.2) is 5.78 Å². The summed E-state index contributed by atoms with van der Waals surface area (Å²) in [6, 6.07) is 15.3. The van der Waals surface area contributed by atoms with Crippen molar-refractivity contribution in [1.29, 1.82) is 0 Å². The number of benzene rings is 2. The zero-order valence-electron chi connectivity index (χ0n) is 20.6. The lowest BCUT2D eigenvalue weighted by atomic mass is 10.1. The number of aromatic nitrogens is 4. The number of hydrogen-bond donors (Lipinski definition) is 2. The van der Waals surface area contributed by atoms with Crippen molar-refractivity contribution < 1.29 is 18.7 Å². The number of Topliss-reactive ketones (excluding diaryl/α,β-unsaturated/α-hetero) is 1. The van der Waals surface area contributed by atoms with Gasteiger partial charge in [-0.3, -0.25) is 24.2 Å². The molecular formula is C28H21FN6O4. The van der Waals surface area contributed by atoms with E-state index in [0.717, 1.165) is 16.5 Å². The van der Waals surface area contributed by atoms with E-state index in [1.54, 1.807) is 36.1 Å². The standard InChI is InChI=1S/C28H21FN6O4/c1-34-23-13-18(39-25-10-11-30-26-21(25)15-31-28(38)32-26)8-9-19(23)22(33-34)14-24(36)20-3-2-12-35(27(20)37)17-6-4-16(29)5-7-17/h2-13H,14-15H2,1H3,(H2,30,31,32,38). The lowest BCUT2D eigenvalue weighted by Crippen LogP contribution is -2.34. The summed E-state index contributed by atoms with van der Waals surface area (Å²) in [5.74, 6) is 0.734. The molecule has 0 spiro atoms. The van der Waals surface area contributed by atoms with Gasteiger partial charge in [-0.25, -0.2) is 14.2 Å². The fraction of sp³-hybridized carbons (Fsp3) is 0.107. The first kappa shape index (κ1) is 24.0. The zero-order chi connectivity index (χ0) is 27.1. The summed E-state index contributed by atoms with van der Waals surface area (Å²) in [5.41, 5.74) is 1.97. The van der Waals surface area contributed by atoms with Gasteiger partial charge in [0, 0.05) is 36.6 Å². The maximum Gasteiger partial charge on any atom is 0.320 e. The molecule has 0 radical (unpaired) electrons. The Morgan fingerprint density at radius 3 is 2.74 bits per heavy atom. The van der Waals surface area contributed by atoms with Gasteiger partial charge in [0.2, 0.25) is 0 Å². The first-order chi connectivity index (χ1) is 18.9. The largest absolute Gasteiger partial charge is 0.457 e. The van der Waals surface area contributed by atoms with Crippen LogP contribution in [0.4, 0.5) is 15.0 Å². The van der Waals surface area contributed by atoms with Gasteiger partial charge in [-0.1, -0.05) is 0 Å². The lowest BCUT2D eigenvalue weighted by molar-refractivity contribution is 0.0990. The van der Waals surface area contributed by atoms with E-state index in [1.807, 2.05) is 12.1 Å². The van der Waals surface area contributed by atoms with Crippen LogP contribution in [0.5, 0.6) is 11.5 Å². The monoisotopic (exact) mass is 524 g/mol. The Kier molecular flexibility index (Phi) is 5.87. The molecule has 2 N–H and O–H groups in total. The number of ether oxygens (including phenoxy) is 1. The van der Waals surface area contributed by atoms with E-state index in [4.69, 9.17) is 4.74 Å². The smallest absolute Gasteiger partial charge is 0.320 e. The molecule has 4 heterocycles. The predicted octanol–water partition coefficient (Wildman–Crippen LogP) is 4.11. The van der Waals surface area contributed by atoms with E-state index in [9.17, 15) is 18.8 Å². The Balaban J connectivity index is 1.27. The average molecular weight is 525 g/mol. The Labute approximate surface area is 220 Å². The average Bonchev–Trinajstić information content (AvgIpc) is 3.23. The Bertz CT molecular complexity index is 1830. The van der Waals surface area contributed by atoms with Crippen LogP contribution in [0, 0.1) is 5.82 Å². The van der Waals surface area contributed by atoms with Crippen LogP contribution in [0.2, 0.25) is 0 Å². The van der Waals surface area contributed by atoms with Crippen molar-refractivity contribution in [2.45, 2.75) is 13.0 Å². The van der Waals surface area contributed by atoms with E-state index in [1.165, 1.54) is 41.1 Å². The summed E-state index contributed by atoms with van der Waals surface area (Å²) in [7, 11) is 1.76. The molecule has 0 saturated carbocycles. The van der Waals surface area contributed by atoms with Crippen LogP contribution in [-0.4, -0.2) is 31.1 Å². The molecule has 1 aliphatic rings. The van der Waals surface area contributed by atoms with E-state index in [2.05, 4.69) is 20.7 Å². The van der Waals surface area contributed by atoms with E-state index in [0.29, 0.717) is 28.7 Å². The Morgan fingerprint density at radius 2 is 1.92 bits per heavy atom. The Morgan fingerprint density at radius 1 is 1.10 bits per heavy atom. The number of carbonyl (C=O) groups is 2. The molecule has 0 bridgehead atoms. The van der Waals surface area contributed by atoms with Gasteiger partial charge < -0.3 is 10.1 Å². The van der Waals surface area contributed by atoms with Gasteiger partial charge in [-0.05, 0) is 54.6 Å². The van der Waals surface area contributed by atoms with Crippen molar-refractivity contribution in [3.63, 3.8) is 0 Å². The van der Waals surface area contributed by atoms with Crippen LogP contribution in [-0.2, 0) is 20.0 Å². The zero-order valence-corrected chi connectivity index (χ0v) is 20.6. The topological polar surface area (TPSA) is 120 Å². The molecule has 0 atom stereocenters. The highest BCUT2D eigenvalue weighted by atomic mass is 19.1. The first-order valence-electron chi connectivity index (χ1n) is 12.0. The number of urea groups is 1. The van der Waals surface area contributed by atoms with Crippen LogP contribution in [0.1, 0.15) is 21.6 Å². The summed E-state index contributed by atoms with van der Waals surface area (Å²) in [5, 5.41) is 10.6. The van der Waals surface area contributed by atoms with Crippen molar-refractivity contribution in [3.05, 3.63) is 106 Å². The number of pyridine rings is 2. The van der Waals surface area contributed by atoms with Crippen molar-refractivity contribution in [1.82, 2.24) is 24.6 Å². The van der Waals surface area contributed by atoms with Gasteiger partial charge >= 0.3 is 6.03 Å². The second kappa shape index (κ2) is 9.53. The molecule has 0 aliphatic carbocycles. The van der Waals surface area contributed by atoms with Crippen LogP contribution < -0.4 is 20.9 Å². The highest BCUT2D eigenvalue weighted by Crippen LogP contribution is 2.32. The number of nitrogens with one attached hydrogen (secondary N) is 2. The highest BCUT2D eigenvalue weighted by molar-refractivity contribution is 5.99. The first-order valence-corrected chi connectivity index (χ1v) is 12.0. The van der Waals surface area contributed by atoms with Gasteiger partial charge in [0.1, 0.15) is 23.1 Å². The van der Waals surface area contributed by atoms with Gasteiger partial charge in [0.25, 0.3) is 5.56 Å². The third kappa shape index (κ3) is 4.50. The van der Waals surface area contributed by atoms with Crippen molar-refractivity contribution in [3.8, 4) is 17.2 Å². The quantitative estimate of drug-likeness (QED) is 0.323. The number of ketones is 1. The van der Waals surface area contributed by atoms with Crippen molar-refractivity contribution in [2.24, 2.45) is 7.05 Å². The van der Waals surface area contributed by atoms with Gasteiger partial charge in [-0.2, -0.15) is 5.10 Å². The SMILES string of the molecule is Cn1nc(CC(=O)c2cccn(-c3ccc(F)cc3)c2=O)c2ccc(Oc3ccnc4c3CNC(=O)N4)cc21. The fourth-order valence-corrected chi connectivity index (χ4v) is 4.56. The normalized spacial score (nSPS) is 12.5. The molecule has 194 valence electrons. The summed E-state index contributed by atoms with van der Waals surface area (Å²) in [4.78, 5) is 42.1. The maximum atomic E-state index is 13.3. The number of rotatable bonds is 6. The molecule has 1 aliphatic heterocycles. The minimum atomic E-state index is -0.489. The Hall–Kier alpha value is -5.32. The molecule has 0 unspecified atom stereocenters. The predicted molar refractivity (Wildman–Crippen MR) is 141 cm³/mol. The van der Waals surface area contributed by atoms with Crippen LogP contribution >= 0.6 is 0 Å². The minimum Gasteiger partial charge on any atom is -0.457 e. The molecule has 3 aromatic heterocycles. The number of carbonyl (C=O) groups excluding carboxylic acids is 2. The molecule has 5 aromatic rings. The summed E-state index contributed by atoms with van der Waals surface area (Å²) in [6.45, 7) is 0.285. The molecule has 11 heteroatoms. The second-order valence-electron chi connectivity index (χ2n) is 8.97. The highest BCUT2D eigenvalue weighted by Gasteiger charge is 2.21. The lowest BCUT2D eigenvalue weighted by Gasteiger charge is -2.19. The molecule has 2 amide bonds. The number of hydrogen-bond acceptors (Lipinski definition) is 6. The third-order valence-corrected chi connectivity index (χ3v) is 6.48. The number of fused-ring (bicyclic) bond motifs is 2. The molecule has 0 saturated heterocycles. The second-order valence-corrected chi connectivity index (χ2v) is 8.97. The number of anilines is 1. The van der Waals surface area contributed by atoms with Crippen molar-refractivity contribution >= 4 is 28.5 Å². The molecular weight excluding hydrogens is 503 g/mol. The summed E-state index contributed by atoms with van der Waals surface area (Å²) in [6.07, 6.45) is 3.01. The minimum absolute atomic E-state index is 0.0174. The van der Waals surface area contributed by atoms with E-state index < -0.39 is 11.4 Å². The summed E-state index contributed by atoms with van der Waals surface area (Å²) < 4.78 is 22.4. The van der Waals surface area contributed by atoms with Crippen molar-refractivity contribution in [2.75, 3.05) is 5.32 Å². The van der Waals surface area contributed by atoms with E-state index >= 15 is 0 Å². The summed E-state index contributed by atoms with van der Waals surface area (Å²) >= 11 is 0. The molecule has 39 heavy (non-hydrogen) atoms. The van der Waals surface area contributed by atoms with E-state index in [-0.39, 0.29) is 30.3 Å².